The van der Waals surface area contributed by atoms with E-state index in [0.29, 0.717) is 19.6 Å². The topological polar surface area (TPSA) is 44.8 Å². The van der Waals surface area contributed by atoms with Gasteiger partial charge in [0.2, 0.25) is 5.91 Å². The van der Waals surface area contributed by atoms with E-state index in [1.165, 1.54) is 16.7 Å². The monoisotopic (exact) mass is 303 g/mol. The van der Waals surface area contributed by atoms with Crippen LogP contribution in [0.25, 0.3) is 0 Å². The number of ether oxygens (including phenoxy) is 1. The summed E-state index contributed by atoms with van der Waals surface area (Å²) in [6.45, 7) is 5.03. The van der Waals surface area contributed by atoms with Gasteiger partial charge in [-0.05, 0) is 23.7 Å². The fourth-order valence-corrected chi connectivity index (χ4v) is 3.18. The highest BCUT2D eigenvalue weighted by Crippen LogP contribution is 2.23. The SMILES string of the molecule is CN1Cc2ccc(CN(C)C(=O)CC3CNCCO3)cc2C1. The Kier molecular flexibility index (Phi) is 4.76. The van der Waals surface area contributed by atoms with Gasteiger partial charge < -0.3 is 15.0 Å². The second-order valence-corrected chi connectivity index (χ2v) is 6.43. The summed E-state index contributed by atoms with van der Waals surface area (Å²) in [7, 11) is 4.01. The maximum atomic E-state index is 12.3. The van der Waals surface area contributed by atoms with E-state index in [1.807, 2.05) is 7.05 Å². The average Bonchev–Trinajstić information content (AvgIpc) is 2.87. The first-order valence-corrected chi connectivity index (χ1v) is 7.97. The van der Waals surface area contributed by atoms with E-state index in [4.69, 9.17) is 4.74 Å². The average molecular weight is 303 g/mol. The van der Waals surface area contributed by atoms with E-state index in [9.17, 15) is 4.79 Å². The molecule has 2 aliphatic heterocycles. The first-order valence-electron chi connectivity index (χ1n) is 7.97. The van der Waals surface area contributed by atoms with E-state index >= 15 is 0 Å². The minimum absolute atomic E-state index is 0.0115. The van der Waals surface area contributed by atoms with Gasteiger partial charge in [0, 0.05) is 39.8 Å². The van der Waals surface area contributed by atoms with Crippen molar-refractivity contribution in [3.05, 3.63) is 34.9 Å². The van der Waals surface area contributed by atoms with Crippen LogP contribution in [0.1, 0.15) is 23.1 Å². The lowest BCUT2D eigenvalue weighted by atomic mass is 10.1. The number of carbonyl (C=O) groups excluding carboxylic acids is 1. The maximum Gasteiger partial charge on any atom is 0.225 e. The maximum absolute atomic E-state index is 12.3. The summed E-state index contributed by atoms with van der Waals surface area (Å²) in [6, 6.07) is 6.57. The number of morpholine rings is 1. The quantitative estimate of drug-likeness (QED) is 0.900. The van der Waals surface area contributed by atoms with Gasteiger partial charge in [-0.1, -0.05) is 18.2 Å². The number of hydrogen-bond acceptors (Lipinski definition) is 4. The molecule has 1 aromatic carbocycles. The van der Waals surface area contributed by atoms with Gasteiger partial charge in [0.25, 0.3) is 0 Å². The molecule has 0 saturated carbocycles. The Morgan fingerprint density at radius 2 is 2.23 bits per heavy atom. The van der Waals surface area contributed by atoms with Gasteiger partial charge in [-0.25, -0.2) is 0 Å². The lowest BCUT2D eigenvalue weighted by molar-refractivity contribution is -0.133. The molecule has 1 aromatic rings. The molecule has 0 aliphatic carbocycles. The molecule has 2 heterocycles. The number of nitrogens with one attached hydrogen (secondary N) is 1. The highest BCUT2D eigenvalue weighted by molar-refractivity contribution is 5.76. The third-order valence-corrected chi connectivity index (χ3v) is 4.40. The standard InChI is InChI=1S/C17H25N3O2/c1-19-11-14-4-3-13(7-15(14)12-19)10-20(2)17(21)8-16-9-18-5-6-22-16/h3-4,7,16,18H,5-6,8-12H2,1-2H3. The zero-order valence-electron chi connectivity index (χ0n) is 13.5. The zero-order valence-corrected chi connectivity index (χ0v) is 13.5. The van der Waals surface area contributed by atoms with Gasteiger partial charge in [-0.2, -0.15) is 0 Å². The molecule has 5 nitrogen and oxygen atoms in total. The summed E-state index contributed by atoms with van der Waals surface area (Å²) < 4.78 is 5.61. The molecule has 1 fully saturated rings. The van der Waals surface area contributed by atoms with E-state index in [1.54, 1.807) is 4.90 Å². The summed E-state index contributed by atoms with van der Waals surface area (Å²) in [5.74, 6) is 0.145. The van der Waals surface area contributed by atoms with Crippen molar-refractivity contribution in [3.8, 4) is 0 Å². The number of hydrogen-bond donors (Lipinski definition) is 1. The minimum atomic E-state index is 0.0115. The molecule has 0 radical (unpaired) electrons. The highest BCUT2D eigenvalue weighted by atomic mass is 16.5. The molecule has 5 heteroatoms. The molecular weight excluding hydrogens is 278 g/mol. The molecule has 1 amide bonds. The van der Waals surface area contributed by atoms with Crippen molar-refractivity contribution in [2.75, 3.05) is 33.8 Å². The lowest BCUT2D eigenvalue weighted by Gasteiger charge is -2.25. The molecule has 0 spiro atoms. The minimum Gasteiger partial charge on any atom is -0.375 e. The number of benzene rings is 1. The first-order chi connectivity index (χ1) is 10.6. The number of carbonyl (C=O) groups is 1. The van der Waals surface area contributed by atoms with Crippen LogP contribution in [0.15, 0.2) is 18.2 Å². The summed E-state index contributed by atoms with van der Waals surface area (Å²) in [4.78, 5) is 16.4. The van der Waals surface area contributed by atoms with Gasteiger partial charge in [0.05, 0.1) is 19.1 Å². The largest absolute Gasteiger partial charge is 0.375 e. The Hall–Kier alpha value is -1.43. The number of rotatable bonds is 4. The van der Waals surface area contributed by atoms with Crippen LogP contribution in [0.5, 0.6) is 0 Å². The molecular formula is C17H25N3O2. The van der Waals surface area contributed by atoms with Crippen molar-refractivity contribution in [2.24, 2.45) is 0 Å². The third kappa shape index (κ3) is 3.66. The van der Waals surface area contributed by atoms with Gasteiger partial charge in [-0.3, -0.25) is 9.69 Å². The Bertz CT molecular complexity index is 541. The van der Waals surface area contributed by atoms with Crippen molar-refractivity contribution in [1.82, 2.24) is 15.1 Å². The molecule has 3 rings (SSSR count). The normalized spacial score (nSPS) is 21.6. The van der Waals surface area contributed by atoms with E-state index in [0.717, 1.165) is 26.2 Å². The smallest absolute Gasteiger partial charge is 0.225 e. The van der Waals surface area contributed by atoms with Crippen LogP contribution >= 0.6 is 0 Å². The Balaban J connectivity index is 1.56. The van der Waals surface area contributed by atoms with Crippen molar-refractivity contribution in [3.63, 3.8) is 0 Å². The van der Waals surface area contributed by atoms with Crippen molar-refractivity contribution < 1.29 is 9.53 Å². The second kappa shape index (κ2) is 6.77. The second-order valence-electron chi connectivity index (χ2n) is 6.43. The molecule has 2 aliphatic rings. The summed E-state index contributed by atoms with van der Waals surface area (Å²) in [5.41, 5.74) is 4.00. The van der Waals surface area contributed by atoms with Gasteiger partial charge >= 0.3 is 0 Å². The van der Waals surface area contributed by atoms with Gasteiger partial charge in [0.1, 0.15) is 0 Å². The lowest BCUT2D eigenvalue weighted by Crippen LogP contribution is -2.41. The summed E-state index contributed by atoms with van der Waals surface area (Å²) in [5, 5.41) is 3.26. The summed E-state index contributed by atoms with van der Waals surface area (Å²) >= 11 is 0. The first kappa shape index (κ1) is 15.5. The van der Waals surface area contributed by atoms with E-state index in [2.05, 4.69) is 35.5 Å². The number of nitrogens with zero attached hydrogens (tertiary/aromatic N) is 2. The Morgan fingerprint density at radius 1 is 1.41 bits per heavy atom. The van der Waals surface area contributed by atoms with Crippen LogP contribution < -0.4 is 5.32 Å². The molecule has 120 valence electrons. The molecule has 22 heavy (non-hydrogen) atoms. The van der Waals surface area contributed by atoms with Crippen molar-refractivity contribution in [1.29, 1.82) is 0 Å². The van der Waals surface area contributed by atoms with Crippen molar-refractivity contribution >= 4 is 5.91 Å². The Labute approximate surface area is 132 Å². The van der Waals surface area contributed by atoms with Crippen LogP contribution in [0.2, 0.25) is 0 Å². The van der Waals surface area contributed by atoms with Crippen molar-refractivity contribution in [2.45, 2.75) is 32.2 Å². The molecule has 0 bridgehead atoms. The van der Waals surface area contributed by atoms with Crippen LogP contribution in [0.3, 0.4) is 0 Å². The molecule has 1 atom stereocenters. The fourth-order valence-electron chi connectivity index (χ4n) is 3.18. The van der Waals surface area contributed by atoms with E-state index < -0.39 is 0 Å². The highest BCUT2D eigenvalue weighted by Gasteiger charge is 2.20. The fraction of sp³-hybridized carbons (Fsp3) is 0.588. The van der Waals surface area contributed by atoms with E-state index in [-0.39, 0.29) is 12.0 Å². The van der Waals surface area contributed by atoms with Gasteiger partial charge in [0.15, 0.2) is 0 Å². The third-order valence-electron chi connectivity index (χ3n) is 4.40. The van der Waals surface area contributed by atoms with Gasteiger partial charge in [-0.15, -0.1) is 0 Å². The predicted molar refractivity (Wildman–Crippen MR) is 85.3 cm³/mol. The Morgan fingerprint density at radius 3 is 3.00 bits per heavy atom. The molecule has 0 aromatic heterocycles. The number of amides is 1. The molecule has 1 N–H and O–H groups in total. The zero-order chi connectivity index (χ0) is 15.5. The predicted octanol–water partition coefficient (Wildman–Crippen LogP) is 0.969. The summed E-state index contributed by atoms with van der Waals surface area (Å²) in [6.07, 6.45) is 0.467. The van der Waals surface area contributed by atoms with Crippen LogP contribution in [0.4, 0.5) is 0 Å². The molecule has 1 saturated heterocycles. The number of fused-ring (bicyclic) bond motifs is 1. The van der Waals surface area contributed by atoms with Crippen LogP contribution in [-0.2, 0) is 29.2 Å². The molecule has 1 unspecified atom stereocenters. The van der Waals surface area contributed by atoms with Crippen LogP contribution in [-0.4, -0.2) is 55.6 Å². The van der Waals surface area contributed by atoms with Crippen LogP contribution in [0, 0.1) is 0 Å².